The normalized spacial score (nSPS) is 12.6. The van der Waals surface area contributed by atoms with E-state index in [2.05, 4.69) is 9.71 Å². The summed E-state index contributed by atoms with van der Waals surface area (Å²) < 4.78 is 34.4. The summed E-state index contributed by atoms with van der Waals surface area (Å²) >= 11 is 7.28. The topological polar surface area (TPSA) is 107 Å². The van der Waals surface area contributed by atoms with E-state index in [0.29, 0.717) is 16.4 Å². The number of ether oxygens (including phenoxy) is 1. The van der Waals surface area contributed by atoms with E-state index in [0.717, 1.165) is 0 Å². The zero-order valence-electron chi connectivity index (χ0n) is 16.5. The van der Waals surface area contributed by atoms with Gasteiger partial charge in [0.25, 0.3) is 5.56 Å². The SMILES string of the molecule is CSCC[C@@H](NS(=O)(=O)c1ccc(Cl)cc1)C(=O)OCc1cc(=O)n2ccccc2n1. The number of fused-ring (bicyclic) bond motifs is 1. The molecular formula is C20H20ClN3O5S2. The molecule has 0 unspecified atom stereocenters. The highest BCUT2D eigenvalue weighted by Gasteiger charge is 2.27. The van der Waals surface area contributed by atoms with Crippen LogP contribution in [0.1, 0.15) is 12.1 Å². The Morgan fingerprint density at radius 2 is 2.00 bits per heavy atom. The van der Waals surface area contributed by atoms with Crippen molar-refractivity contribution >= 4 is 45.0 Å². The van der Waals surface area contributed by atoms with Gasteiger partial charge in [-0.25, -0.2) is 13.4 Å². The summed E-state index contributed by atoms with van der Waals surface area (Å²) in [6.07, 6.45) is 3.67. The van der Waals surface area contributed by atoms with Crippen molar-refractivity contribution in [1.29, 1.82) is 0 Å². The lowest BCUT2D eigenvalue weighted by molar-refractivity contribution is -0.147. The molecule has 31 heavy (non-hydrogen) atoms. The molecule has 3 aromatic rings. The maximum Gasteiger partial charge on any atom is 0.324 e. The van der Waals surface area contributed by atoms with Gasteiger partial charge in [-0.05, 0) is 54.8 Å². The Morgan fingerprint density at radius 1 is 1.26 bits per heavy atom. The van der Waals surface area contributed by atoms with Crippen LogP contribution >= 0.6 is 23.4 Å². The first-order valence-corrected chi connectivity index (χ1v) is 12.5. The van der Waals surface area contributed by atoms with E-state index in [-0.39, 0.29) is 29.2 Å². The second-order valence-electron chi connectivity index (χ2n) is 6.53. The second-order valence-corrected chi connectivity index (χ2v) is 9.67. The zero-order chi connectivity index (χ0) is 22.4. The van der Waals surface area contributed by atoms with Gasteiger partial charge < -0.3 is 4.74 Å². The number of thioether (sulfide) groups is 1. The molecule has 164 valence electrons. The van der Waals surface area contributed by atoms with Crippen molar-refractivity contribution in [2.24, 2.45) is 0 Å². The molecule has 8 nitrogen and oxygen atoms in total. The van der Waals surface area contributed by atoms with Crippen LogP contribution < -0.4 is 10.3 Å². The van der Waals surface area contributed by atoms with E-state index >= 15 is 0 Å². The first-order valence-electron chi connectivity index (χ1n) is 9.21. The number of carbonyl (C=O) groups excluding carboxylic acids is 1. The molecule has 2 aromatic heterocycles. The van der Waals surface area contributed by atoms with Gasteiger partial charge >= 0.3 is 5.97 Å². The van der Waals surface area contributed by atoms with Crippen LogP contribution in [0.4, 0.5) is 0 Å². The van der Waals surface area contributed by atoms with Gasteiger partial charge in [0.2, 0.25) is 10.0 Å². The number of hydrogen-bond donors (Lipinski definition) is 1. The predicted molar refractivity (Wildman–Crippen MR) is 120 cm³/mol. The third-order valence-electron chi connectivity index (χ3n) is 4.30. The molecule has 0 bridgehead atoms. The quantitative estimate of drug-likeness (QED) is 0.468. The first kappa shape index (κ1) is 23.3. The molecular weight excluding hydrogens is 462 g/mol. The molecule has 0 aliphatic rings. The highest BCUT2D eigenvalue weighted by molar-refractivity contribution is 7.98. The predicted octanol–water partition coefficient (Wildman–Crippen LogP) is 2.49. The van der Waals surface area contributed by atoms with Crippen LogP contribution in [0.3, 0.4) is 0 Å². The second kappa shape index (κ2) is 10.3. The fraction of sp³-hybridized carbons (Fsp3) is 0.250. The van der Waals surface area contributed by atoms with E-state index in [1.165, 1.54) is 46.5 Å². The van der Waals surface area contributed by atoms with Crippen LogP contribution in [0, 0.1) is 0 Å². The molecule has 1 aromatic carbocycles. The molecule has 1 N–H and O–H groups in total. The summed E-state index contributed by atoms with van der Waals surface area (Å²) in [4.78, 5) is 29.1. The zero-order valence-corrected chi connectivity index (χ0v) is 18.9. The monoisotopic (exact) mass is 481 g/mol. The largest absolute Gasteiger partial charge is 0.458 e. The van der Waals surface area contributed by atoms with E-state index in [1.807, 2.05) is 6.26 Å². The average Bonchev–Trinajstić information content (AvgIpc) is 2.75. The van der Waals surface area contributed by atoms with E-state index in [4.69, 9.17) is 16.3 Å². The number of sulfonamides is 1. The molecule has 2 heterocycles. The summed E-state index contributed by atoms with van der Waals surface area (Å²) in [5, 5.41) is 0.399. The minimum Gasteiger partial charge on any atom is -0.458 e. The molecule has 1 atom stereocenters. The van der Waals surface area contributed by atoms with Gasteiger partial charge in [-0.3, -0.25) is 14.0 Å². The van der Waals surface area contributed by atoms with Gasteiger partial charge in [0.1, 0.15) is 18.3 Å². The lowest BCUT2D eigenvalue weighted by atomic mass is 10.2. The Kier molecular flexibility index (Phi) is 7.71. The summed E-state index contributed by atoms with van der Waals surface area (Å²) in [6.45, 7) is -0.252. The van der Waals surface area contributed by atoms with Gasteiger partial charge in [-0.2, -0.15) is 16.5 Å². The number of pyridine rings is 1. The molecule has 3 rings (SSSR count). The molecule has 0 saturated heterocycles. The lowest BCUT2D eigenvalue weighted by Crippen LogP contribution is -2.42. The van der Waals surface area contributed by atoms with Crippen molar-refractivity contribution in [3.8, 4) is 0 Å². The molecule has 0 spiro atoms. The molecule has 0 amide bonds. The van der Waals surface area contributed by atoms with Gasteiger partial charge in [-0.1, -0.05) is 17.7 Å². The van der Waals surface area contributed by atoms with Crippen LogP contribution in [0.25, 0.3) is 5.65 Å². The molecule has 0 fully saturated rings. The summed E-state index contributed by atoms with van der Waals surface area (Å²) in [7, 11) is -3.96. The fourth-order valence-corrected chi connectivity index (χ4v) is 4.57. The smallest absolute Gasteiger partial charge is 0.324 e. The van der Waals surface area contributed by atoms with Crippen LogP contribution in [0.2, 0.25) is 5.02 Å². The van der Waals surface area contributed by atoms with Gasteiger partial charge in [0.05, 0.1) is 10.6 Å². The first-order chi connectivity index (χ1) is 14.8. The number of halogens is 1. The summed E-state index contributed by atoms with van der Waals surface area (Å²) in [5.74, 6) is -0.208. The van der Waals surface area contributed by atoms with Crippen molar-refractivity contribution in [2.45, 2.75) is 24.0 Å². The molecule has 0 radical (unpaired) electrons. The number of hydrogen-bond acceptors (Lipinski definition) is 7. The molecule has 0 saturated carbocycles. The van der Waals surface area contributed by atoms with Gasteiger partial charge in [-0.15, -0.1) is 0 Å². The third-order valence-corrected chi connectivity index (χ3v) is 6.69. The summed E-state index contributed by atoms with van der Waals surface area (Å²) in [5.41, 5.74) is 0.385. The number of benzene rings is 1. The van der Waals surface area contributed by atoms with Crippen LogP contribution in [-0.4, -0.2) is 41.8 Å². The molecule has 11 heteroatoms. The molecule has 0 aliphatic heterocycles. The Labute approximate surface area is 188 Å². The number of carbonyl (C=O) groups is 1. The third kappa shape index (κ3) is 6.07. The van der Waals surface area contributed by atoms with Crippen molar-refractivity contribution < 1.29 is 17.9 Å². The maximum atomic E-state index is 12.7. The van der Waals surface area contributed by atoms with Gasteiger partial charge in [0, 0.05) is 17.3 Å². The van der Waals surface area contributed by atoms with Crippen LogP contribution in [0.15, 0.2) is 64.4 Å². The maximum absolute atomic E-state index is 12.7. The van der Waals surface area contributed by atoms with Crippen molar-refractivity contribution in [3.05, 3.63) is 75.8 Å². The highest BCUT2D eigenvalue weighted by Crippen LogP contribution is 2.16. The van der Waals surface area contributed by atoms with Gasteiger partial charge in [0.15, 0.2) is 0 Å². The van der Waals surface area contributed by atoms with E-state index in [9.17, 15) is 18.0 Å². The fourth-order valence-electron chi connectivity index (χ4n) is 2.75. The standard InChI is InChI=1S/C20H20ClN3O5S2/c1-30-11-9-17(23-31(27,28)16-7-5-14(21)6-8-16)20(26)29-13-15-12-19(25)24-10-3-2-4-18(24)22-15/h2-8,10,12,17,23H,9,11,13H2,1H3/t17-/m1/s1. The minimum absolute atomic E-state index is 0.0110. The molecule has 0 aliphatic carbocycles. The van der Waals surface area contributed by atoms with Crippen LogP contribution in [-0.2, 0) is 26.2 Å². The van der Waals surface area contributed by atoms with E-state index < -0.39 is 22.0 Å². The van der Waals surface area contributed by atoms with Crippen molar-refractivity contribution in [1.82, 2.24) is 14.1 Å². The highest BCUT2D eigenvalue weighted by atomic mass is 35.5. The number of esters is 1. The summed E-state index contributed by atoms with van der Waals surface area (Å²) in [6, 6.07) is 10.9. The number of nitrogens with one attached hydrogen (secondary N) is 1. The minimum atomic E-state index is -3.96. The Bertz CT molecular complexity index is 1230. The number of rotatable bonds is 9. The average molecular weight is 482 g/mol. The van der Waals surface area contributed by atoms with E-state index in [1.54, 1.807) is 24.4 Å². The number of aromatic nitrogens is 2. The van der Waals surface area contributed by atoms with Crippen molar-refractivity contribution in [2.75, 3.05) is 12.0 Å². The number of nitrogens with zero attached hydrogens (tertiary/aromatic N) is 2. The lowest BCUT2D eigenvalue weighted by Gasteiger charge is -2.17. The Hall–Kier alpha value is -2.40. The van der Waals surface area contributed by atoms with Crippen LogP contribution in [0.5, 0.6) is 0 Å². The Morgan fingerprint density at radius 3 is 2.71 bits per heavy atom. The van der Waals surface area contributed by atoms with Crippen molar-refractivity contribution in [3.63, 3.8) is 0 Å². The Balaban J connectivity index is 1.74.